The van der Waals surface area contributed by atoms with Crippen molar-refractivity contribution in [2.75, 3.05) is 6.54 Å². The minimum atomic E-state index is -4.53. The molecule has 1 fully saturated rings. The topological polar surface area (TPSA) is 57.6 Å². The summed E-state index contributed by atoms with van der Waals surface area (Å²) in [5, 5.41) is 8.55. The van der Waals surface area contributed by atoms with E-state index in [1.165, 1.54) is 0 Å². The predicted molar refractivity (Wildman–Crippen MR) is 47.7 cm³/mol. The lowest BCUT2D eigenvalue weighted by atomic mass is 10.1. The lowest BCUT2D eigenvalue weighted by molar-refractivity contribution is -0.162. The maximum absolute atomic E-state index is 12.0. The van der Waals surface area contributed by atoms with Gasteiger partial charge in [-0.3, -0.25) is 9.59 Å². The normalized spacial score (nSPS) is 21.2. The van der Waals surface area contributed by atoms with Gasteiger partial charge >= 0.3 is 12.1 Å². The zero-order valence-electron chi connectivity index (χ0n) is 8.46. The van der Waals surface area contributed by atoms with Gasteiger partial charge in [-0.2, -0.15) is 13.2 Å². The van der Waals surface area contributed by atoms with Crippen molar-refractivity contribution < 1.29 is 27.9 Å². The Labute approximate surface area is 90.0 Å². The summed E-state index contributed by atoms with van der Waals surface area (Å²) < 4.78 is 36.0. The van der Waals surface area contributed by atoms with E-state index < -0.39 is 30.5 Å². The molecule has 1 rings (SSSR count). The molecule has 1 saturated heterocycles. The Morgan fingerprint density at radius 3 is 2.50 bits per heavy atom. The number of amides is 1. The first-order valence-corrected chi connectivity index (χ1v) is 4.87. The van der Waals surface area contributed by atoms with Crippen molar-refractivity contribution in [1.82, 2.24) is 4.90 Å². The Kier molecular flexibility index (Phi) is 3.77. The molecule has 0 aromatic rings. The minimum absolute atomic E-state index is 0.215. The molecule has 0 radical (unpaired) electrons. The van der Waals surface area contributed by atoms with Crippen LogP contribution in [0.1, 0.15) is 25.7 Å². The van der Waals surface area contributed by atoms with Gasteiger partial charge in [-0.25, -0.2) is 0 Å². The standard InChI is InChI=1S/C9H12F3NO3/c10-9(11,12)5-7(14)13-3-1-2-6(13)4-8(15)16/h6H,1-5H2,(H,15,16). The van der Waals surface area contributed by atoms with Crippen LogP contribution in [0.25, 0.3) is 0 Å². The number of carboxylic acid groups (broad SMARTS) is 1. The third-order valence-electron chi connectivity index (χ3n) is 2.46. The van der Waals surface area contributed by atoms with Gasteiger partial charge in [0.2, 0.25) is 5.91 Å². The molecule has 1 aliphatic heterocycles. The number of hydrogen-bond donors (Lipinski definition) is 1. The molecule has 1 heterocycles. The Morgan fingerprint density at radius 1 is 1.38 bits per heavy atom. The molecule has 0 aromatic carbocycles. The summed E-state index contributed by atoms with van der Waals surface area (Å²) in [7, 11) is 0. The van der Waals surface area contributed by atoms with Crippen LogP contribution in [-0.4, -0.2) is 40.6 Å². The summed E-state index contributed by atoms with van der Waals surface area (Å²) in [5.41, 5.74) is 0. The highest BCUT2D eigenvalue weighted by Crippen LogP contribution is 2.26. The first kappa shape index (κ1) is 12.8. The van der Waals surface area contributed by atoms with E-state index in [4.69, 9.17) is 5.11 Å². The van der Waals surface area contributed by atoms with Crippen LogP contribution in [-0.2, 0) is 9.59 Å². The fourth-order valence-electron chi connectivity index (χ4n) is 1.85. The van der Waals surface area contributed by atoms with Crippen molar-refractivity contribution in [3.8, 4) is 0 Å². The van der Waals surface area contributed by atoms with Crippen molar-refractivity contribution in [3.63, 3.8) is 0 Å². The van der Waals surface area contributed by atoms with Crippen LogP contribution in [0, 0.1) is 0 Å². The molecule has 1 N–H and O–H groups in total. The molecule has 0 saturated carbocycles. The SMILES string of the molecule is O=C(O)CC1CCCN1C(=O)CC(F)(F)F. The fourth-order valence-corrected chi connectivity index (χ4v) is 1.85. The molecule has 92 valence electrons. The molecule has 1 atom stereocenters. The van der Waals surface area contributed by atoms with Gasteiger partial charge in [-0.05, 0) is 12.8 Å². The first-order valence-electron chi connectivity index (χ1n) is 4.87. The van der Waals surface area contributed by atoms with Gasteiger partial charge in [0, 0.05) is 12.6 Å². The number of carboxylic acids is 1. The number of rotatable bonds is 3. The molecule has 0 bridgehead atoms. The van der Waals surface area contributed by atoms with E-state index in [-0.39, 0.29) is 13.0 Å². The number of carbonyl (C=O) groups excluding carboxylic acids is 1. The highest BCUT2D eigenvalue weighted by atomic mass is 19.4. The van der Waals surface area contributed by atoms with E-state index in [0.29, 0.717) is 12.8 Å². The van der Waals surface area contributed by atoms with Crippen LogP contribution in [0.15, 0.2) is 0 Å². The van der Waals surface area contributed by atoms with Gasteiger partial charge in [0.15, 0.2) is 0 Å². The maximum Gasteiger partial charge on any atom is 0.397 e. The lowest BCUT2D eigenvalue weighted by Crippen LogP contribution is -2.38. The fraction of sp³-hybridized carbons (Fsp3) is 0.778. The van der Waals surface area contributed by atoms with E-state index in [0.717, 1.165) is 4.90 Å². The molecule has 16 heavy (non-hydrogen) atoms. The monoisotopic (exact) mass is 239 g/mol. The second-order valence-electron chi connectivity index (χ2n) is 3.77. The molecule has 7 heteroatoms. The average molecular weight is 239 g/mol. The molecule has 1 unspecified atom stereocenters. The first-order chi connectivity index (χ1) is 7.29. The molecule has 1 amide bonds. The highest BCUT2D eigenvalue weighted by molar-refractivity contribution is 5.78. The Morgan fingerprint density at radius 2 is 2.00 bits per heavy atom. The summed E-state index contributed by atoms with van der Waals surface area (Å²) in [6, 6.07) is -0.590. The van der Waals surface area contributed by atoms with Crippen LogP contribution < -0.4 is 0 Å². The van der Waals surface area contributed by atoms with Crippen LogP contribution in [0.3, 0.4) is 0 Å². The van der Waals surface area contributed by atoms with Crippen LogP contribution >= 0.6 is 0 Å². The van der Waals surface area contributed by atoms with E-state index in [1.807, 2.05) is 0 Å². The Hall–Kier alpha value is -1.27. The largest absolute Gasteiger partial charge is 0.481 e. The highest BCUT2D eigenvalue weighted by Gasteiger charge is 2.37. The smallest absolute Gasteiger partial charge is 0.397 e. The van der Waals surface area contributed by atoms with Crippen molar-refractivity contribution in [2.45, 2.75) is 37.9 Å². The zero-order valence-corrected chi connectivity index (χ0v) is 8.46. The number of aliphatic carboxylic acids is 1. The third kappa shape index (κ3) is 3.71. The summed E-state index contributed by atoms with van der Waals surface area (Å²) in [6.07, 6.45) is -5.32. The van der Waals surface area contributed by atoms with E-state index in [9.17, 15) is 22.8 Å². The van der Waals surface area contributed by atoms with Gasteiger partial charge in [0.1, 0.15) is 6.42 Å². The average Bonchev–Trinajstić information content (AvgIpc) is 2.47. The van der Waals surface area contributed by atoms with Crippen LogP contribution in [0.2, 0.25) is 0 Å². The summed E-state index contributed by atoms with van der Waals surface area (Å²) in [5.74, 6) is -2.13. The van der Waals surface area contributed by atoms with Crippen molar-refractivity contribution in [3.05, 3.63) is 0 Å². The lowest BCUT2D eigenvalue weighted by Gasteiger charge is -2.23. The number of carbonyl (C=O) groups is 2. The number of nitrogens with zero attached hydrogens (tertiary/aromatic N) is 1. The van der Waals surface area contributed by atoms with Crippen molar-refractivity contribution in [1.29, 1.82) is 0 Å². The molecular weight excluding hydrogens is 227 g/mol. The molecule has 0 aromatic heterocycles. The summed E-state index contributed by atoms with van der Waals surface area (Å²) in [6.45, 7) is 0.215. The number of hydrogen-bond acceptors (Lipinski definition) is 2. The number of alkyl halides is 3. The van der Waals surface area contributed by atoms with Gasteiger partial charge in [0.05, 0.1) is 6.42 Å². The zero-order chi connectivity index (χ0) is 12.3. The second kappa shape index (κ2) is 4.71. The Balaban J connectivity index is 2.57. The molecule has 0 aliphatic carbocycles. The van der Waals surface area contributed by atoms with Gasteiger partial charge in [0.25, 0.3) is 0 Å². The van der Waals surface area contributed by atoms with Crippen molar-refractivity contribution in [2.24, 2.45) is 0 Å². The molecular formula is C9H12F3NO3. The number of halogens is 3. The van der Waals surface area contributed by atoms with Gasteiger partial charge in [-0.1, -0.05) is 0 Å². The second-order valence-corrected chi connectivity index (χ2v) is 3.77. The minimum Gasteiger partial charge on any atom is -0.481 e. The van der Waals surface area contributed by atoms with E-state index >= 15 is 0 Å². The summed E-state index contributed by atoms with van der Waals surface area (Å²) >= 11 is 0. The third-order valence-corrected chi connectivity index (χ3v) is 2.46. The maximum atomic E-state index is 12.0. The Bertz CT molecular complexity index is 290. The van der Waals surface area contributed by atoms with E-state index in [1.54, 1.807) is 0 Å². The van der Waals surface area contributed by atoms with Gasteiger partial charge in [-0.15, -0.1) is 0 Å². The molecule has 0 spiro atoms. The molecule has 1 aliphatic rings. The van der Waals surface area contributed by atoms with Crippen molar-refractivity contribution >= 4 is 11.9 Å². The quantitative estimate of drug-likeness (QED) is 0.810. The molecule has 4 nitrogen and oxygen atoms in total. The number of likely N-dealkylation sites (tertiary alicyclic amines) is 1. The van der Waals surface area contributed by atoms with Crippen LogP contribution in [0.5, 0.6) is 0 Å². The predicted octanol–water partition coefficient (Wildman–Crippen LogP) is 1.40. The van der Waals surface area contributed by atoms with E-state index in [2.05, 4.69) is 0 Å². The van der Waals surface area contributed by atoms with Crippen LogP contribution in [0.4, 0.5) is 13.2 Å². The summed E-state index contributed by atoms with van der Waals surface area (Å²) in [4.78, 5) is 22.7. The van der Waals surface area contributed by atoms with Gasteiger partial charge < -0.3 is 10.0 Å².